The molecule has 194 valence electrons. The summed E-state index contributed by atoms with van der Waals surface area (Å²) >= 11 is 2.96. The van der Waals surface area contributed by atoms with E-state index in [9.17, 15) is 9.59 Å². The third kappa shape index (κ3) is 5.86. The molecular formula is C27H29N3O5S2. The van der Waals surface area contributed by atoms with Crippen molar-refractivity contribution in [2.24, 2.45) is 0 Å². The highest BCUT2D eigenvalue weighted by atomic mass is 32.2. The number of aryl methyl sites for hydroxylation is 1. The molecule has 10 heteroatoms. The number of nitrogens with one attached hydrogen (secondary N) is 2. The van der Waals surface area contributed by atoms with Crippen molar-refractivity contribution in [2.75, 3.05) is 17.7 Å². The first-order valence-electron chi connectivity index (χ1n) is 12.6. The van der Waals surface area contributed by atoms with Crippen LogP contribution in [0, 0.1) is 0 Å². The number of aromatic nitrogens is 2. The summed E-state index contributed by atoms with van der Waals surface area (Å²) in [5.41, 5.74) is 2.98. The van der Waals surface area contributed by atoms with Crippen molar-refractivity contribution in [3.05, 3.63) is 52.8 Å². The van der Waals surface area contributed by atoms with E-state index in [1.54, 1.807) is 19.5 Å². The maximum absolute atomic E-state index is 12.9. The molecule has 2 N–H and O–H groups in total. The quantitative estimate of drug-likeness (QED) is 0.175. The minimum Gasteiger partial charge on any atom is -0.463 e. The Hall–Kier alpha value is -3.24. The van der Waals surface area contributed by atoms with E-state index in [1.807, 2.05) is 24.3 Å². The molecule has 0 spiro atoms. The zero-order valence-electron chi connectivity index (χ0n) is 20.6. The molecule has 37 heavy (non-hydrogen) atoms. The molecule has 0 bridgehead atoms. The molecule has 0 unspecified atom stereocenters. The number of esters is 1. The van der Waals surface area contributed by atoms with Crippen molar-refractivity contribution < 1.29 is 23.2 Å². The molecule has 8 nitrogen and oxygen atoms in total. The first-order chi connectivity index (χ1) is 18.1. The summed E-state index contributed by atoms with van der Waals surface area (Å²) in [5.74, 6) is 1.30. The number of hydrogen-bond donors (Lipinski definition) is 2. The van der Waals surface area contributed by atoms with Crippen LogP contribution in [0.3, 0.4) is 0 Å². The molecule has 4 aromatic heterocycles. The molecule has 0 atom stereocenters. The van der Waals surface area contributed by atoms with E-state index < -0.39 is 0 Å². The normalized spacial score (nSPS) is 13.5. The van der Waals surface area contributed by atoms with Crippen molar-refractivity contribution in [3.8, 4) is 22.9 Å². The van der Waals surface area contributed by atoms with E-state index in [0.29, 0.717) is 45.3 Å². The monoisotopic (exact) mass is 539 g/mol. The number of anilines is 1. The van der Waals surface area contributed by atoms with Gasteiger partial charge in [0.1, 0.15) is 16.4 Å². The van der Waals surface area contributed by atoms with Gasteiger partial charge in [-0.2, -0.15) is 0 Å². The number of amides is 1. The highest BCUT2D eigenvalue weighted by Gasteiger charge is 2.26. The minimum absolute atomic E-state index is 0.142. The van der Waals surface area contributed by atoms with Gasteiger partial charge < -0.3 is 23.9 Å². The molecule has 0 saturated heterocycles. The number of aromatic amines is 1. The second-order valence-corrected chi connectivity index (χ2v) is 10.9. The molecule has 4 heterocycles. The Morgan fingerprint density at radius 1 is 1.11 bits per heavy atom. The third-order valence-corrected chi connectivity index (χ3v) is 8.26. The topological polar surface area (TPSA) is 110 Å². The van der Waals surface area contributed by atoms with E-state index >= 15 is 0 Å². The lowest BCUT2D eigenvalue weighted by atomic mass is 9.96. The standard InChI is InChI=1S/C27H29N3O5S2/c1-2-33-26(32)22-17-9-5-3-4-6-12-20(17)37-25(22)28-21(31)13-16-36-27-29-23(18-10-7-14-34-18)24(30-27)19-11-8-15-35-19/h7-8,10-11,14-15H,2-6,9,12-13,16H2,1H3,(H,28,31)(H,29,30). The minimum atomic E-state index is -0.350. The average Bonchev–Trinajstić information content (AvgIpc) is 3.66. The number of H-pyrrole nitrogens is 1. The van der Waals surface area contributed by atoms with Gasteiger partial charge in [-0.25, -0.2) is 9.78 Å². The SMILES string of the molecule is CCOC(=O)c1c(NC(=O)CCSc2nc(-c3ccco3)c(-c3ccco3)[nH]2)sc2c1CCCCCC2. The van der Waals surface area contributed by atoms with Crippen molar-refractivity contribution in [1.29, 1.82) is 0 Å². The van der Waals surface area contributed by atoms with Crippen LogP contribution < -0.4 is 5.32 Å². The van der Waals surface area contributed by atoms with Gasteiger partial charge in [-0.3, -0.25) is 4.79 Å². The lowest BCUT2D eigenvalue weighted by molar-refractivity contribution is -0.115. The molecule has 1 aliphatic rings. The van der Waals surface area contributed by atoms with E-state index in [4.69, 9.17) is 13.6 Å². The van der Waals surface area contributed by atoms with Crippen LogP contribution in [0.2, 0.25) is 0 Å². The predicted octanol–water partition coefficient (Wildman–Crippen LogP) is 6.95. The zero-order chi connectivity index (χ0) is 25.6. The summed E-state index contributed by atoms with van der Waals surface area (Å²) in [6.45, 7) is 2.10. The number of ether oxygens (including phenoxy) is 1. The number of fused-ring (bicyclic) bond motifs is 1. The number of carbonyl (C=O) groups excluding carboxylic acids is 2. The van der Waals surface area contributed by atoms with Crippen molar-refractivity contribution in [1.82, 2.24) is 9.97 Å². The van der Waals surface area contributed by atoms with Crippen LogP contribution in [0.5, 0.6) is 0 Å². The molecule has 1 aliphatic carbocycles. The molecular weight excluding hydrogens is 510 g/mol. The summed E-state index contributed by atoms with van der Waals surface area (Å²) in [7, 11) is 0. The van der Waals surface area contributed by atoms with Crippen LogP contribution in [-0.4, -0.2) is 34.2 Å². The van der Waals surface area contributed by atoms with Crippen LogP contribution in [0.1, 0.15) is 59.8 Å². The first kappa shape index (κ1) is 25.4. The second-order valence-electron chi connectivity index (χ2n) is 8.71. The van der Waals surface area contributed by atoms with Crippen LogP contribution in [0.4, 0.5) is 5.00 Å². The third-order valence-electron chi connectivity index (χ3n) is 6.18. The van der Waals surface area contributed by atoms with E-state index in [0.717, 1.165) is 43.4 Å². The Morgan fingerprint density at radius 2 is 1.86 bits per heavy atom. The number of thioether (sulfide) groups is 1. The summed E-state index contributed by atoms with van der Waals surface area (Å²) in [5, 5.41) is 4.27. The van der Waals surface area contributed by atoms with E-state index in [1.165, 1.54) is 34.4 Å². The van der Waals surface area contributed by atoms with Crippen LogP contribution in [-0.2, 0) is 22.4 Å². The molecule has 0 fully saturated rings. The molecule has 0 radical (unpaired) electrons. The second kappa shape index (κ2) is 11.9. The van der Waals surface area contributed by atoms with Crippen molar-refractivity contribution in [2.45, 2.75) is 57.0 Å². The van der Waals surface area contributed by atoms with Crippen molar-refractivity contribution >= 4 is 40.0 Å². The van der Waals surface area contributed by atoms with Crippen LogP contribution >= 0.6 is 23.1 Å². The van der Waals surface area contributed by atoms with Crippen LogP contribution in [0.15, 0.2) is 50.8 Å². The molecule has 5 rings (SSSR count). The highest BCUT2D eigenvalue weighted by molar-refractivity contribution is 7.99. The van der Waals surface area contributed by atoms with Gasteiger partial charge in [0.25, 0.3) is 0 Å². The molecule has 0 aromatic carbocycles. The molecule has 0 saturated carbocycles. The van der Waals surface area contributed by atoms with Gasteiger partial charge in [0.15, 0.2) is 16.7 Å². The fourth-order valence-electron chi connectivity index (χ4n) is 4.47. The first-order valence-corrected chi connectivity index (χ1v) is 14.4. The fraction of sp³-hybridized carbons (Fsp3) is 0.370. The molecule has 1 amide bonds. The Labute approximate surface area is 223 Å². The Balaban J connectivity index is 1.27. The summed E-state index contributed by atoms with van der Waals surface area (Å²) in [4.78, 5) is 34.9. The Bertz CT molecular complexity index is 1290. The smallest absolute Gasteiger partial charge is 0.341 e. The Morgan fingerprint density at radius 3 is 2.59 bits per heavy atom. The van der Waals surface area contributed by atoms with E-state index in [-0.39, 0.29) is 18.3 Å². The summed E-state index contributed by atoms with van der Waals surface area (Å²) in [6.07, 6.45) is 9.76. The van der Waals surface area contributed by atoms with Crippen molar-refractivity contribution in [3.63, 3.8) is 0 Å². The highest BCUT2D eigenvalue weighted by Crippen LogP contribution is 2.38. The number of imidazole rings is 1. The number of rotatable bonds is 9. The lowest BCUT2D eigenvalue weighted by Crippen LogP contribution is -2.15. The maximum Gasteiger partial charge on any atom is 0.341 e. The van der Waals surface area contributed by atoms with Gasteiger partial charge in [-0.15, -0.1) is 11.3 Å². The van der Waals surface area contributed by atoms with Crippen LogP contribution in [0.25, 0.3) is 22.9 Å². The number of thiophene rings is 1. The van der Waals surface area contributed by atoms with Gasteiger partial charge in [-0.1, -0.05) is 24.6 Å². The van der Waals surface area contributed by atoms with Gasteiger partial charge in [-0.05, 0) is 62.4 Å². The number of furan rings is 2. The van der Waals surface area contributed by atoms with E-state index in [2.05, 4.69) is 15.3 Å². The maximum atomic E-state index is 12.9. The van der Waals surface area contributed by atoms with Gasteiger partial charge in [0.05, 0.1) is 24.7 Å². The van der Waals surface area contributed by atoms with Gasteiger partial charge >= 0.3 is 5.97 Å². The molecule has 4 aromatic rings. The predicted molar refractivity (Wildman–Crippen MR) is 144 cm³/mol. The zero-order valence-corrected chi connectivity index (χ0v) is 22.3. The molecule has 0 aliphatic heterocycles. The summed E-state index contributed by atoms with van der Waals surface area (Å²) < 4.78 is 16.4. The lowest BCUT2D eigenvalue weighted by Gasteiger charge is -2.11. The largest absolute Gasteiger partial charge is 0.463 e. The number of nitrogens with zero attached hydrogens (tertiary/aromatic N) is 1. The van der Waals surface area contributed by atoms with Gasteiger partial charge in [0.2, 0.25) is 5.91 Å². The summed E-state index contributed by atoms with van der Waals surface area (Å²) in [6, 6.07) is 7.32. The Kier molecular flexibility index (Phi) is 8.15. The fourth-order valence-corrected chi connectivity index (χ4v) is 6.57. The number of hydrogen-bond acceptors (Lipinski definition) is 8. The van der Waals surface area contributed by atoms with Gasteiger partial charge in [0, 0.05) is 17.1 Å². The average molecular weight is 540 g/mol. The number of carbonyl (C=O) groups is 2.